The summed E-state index contributed by atoms with van der Waals surface area (Å²) in [4.78, 5) is 3.97. The van der Waals surface area contributed by atoms with Crippen molar-refractivity contribution in [3.05, 3.63) is 54.1 Å². The summed E-state index contributed by atoms with van der Waals surface area (Å²) in [5.41, 5.74) is 4.09. The summed E-state index contributed by atoms with van der Waals surface area (Å²) < 4.78 is 5.45. The minimum absolute atomic E-state index is 0.816. The van der Waals surface area contributed by atoms with Gasteiger partial charge in [0.1, 0.15) is 0 Å². The van der Waals surface area contributed by atoms with Gasteiger partial charge in [-0.05, 0) is 79.9 Å². The van der Waals surface area contributed by atoms with E-state index in [9.17, 15) is 0 Å². The highest BCUT2D eigenvalue weighted by atomic mass is 32.2. The topological polar surface area (TPSA) is 12.5 Å². The van der Waals surface area contributed by atoms with Crippen molar-refractivity contribution in [1.29, 1.82) is 0 Å². The highest BCUT2D eigenvalue weighted by molar-refractivity contribution is 7.99. The largest absolute Gasteiger partial charge is 0.381 e. The number of nitrogens with zero attached hydrogens (tertiary/aromatic N) is 1. The number of thioether (sulfide) groups is 1. The fraction of sp³-hybridized carbons (Fsp3) is 0.500. The van der Waals surface area contributed by atoms with Crippen molar-refractivity contribution < 1.29 is 4.74 Å². The zero-order valence-electron chi connectivity index (χ0n) is 16.2. The second-order valence-corrected chi connectivity index (χ2v) is 8.98. The Labute approximate surface area is 168 Å². The van der Waals surface area contributed by atoms with E-state index in [-0.39, 0.29) is 0 Å². The number of rotatable bonds is 7. The fourth-order valence-electron chi connectivity index (χ4n) is 4.03. The van der Waals surface area contributed by atoms with Crippen LogP contribution in [0.5, 0.6) is 0 Å². The van der Waals surface area contributed by atoms with E-state index in [1.54, 1.807) is 0 Å². The Morgan fingerprint density at radius 1 is 0.852 bits per heavy atom. The average molecular weight is 382 g/mol. The molecule has 2 nitrogen and oxygen atoms in total. The highest BCUT2D eigenvalue weighted by Gasteiger charge is 2.14. The van der Waals surface area contributed by atoms with Crippen LogP contribution >= 0.6 is 11.8 Å². The summed E-state index contributed by atoms with van der Waals surface area (Å²) in [5.74, 6) is 2.03. The SMILES string of the molecule is c1cc(-c2ccc(SCC3CCOCC3)cc2)ccc1CCN1CCCC1. The van der Waals surface area contributed by atoms with Crippen LogP contribution in [0.2, 0.25) is 0 Å². The van der Waals surface area contributed by atoms with Gasteiger partial charge in [-0.3, -0.25) is 0 Å². The van der Waals surface area contributed by atoms with Crippen LogP contribution in [0.1, 0.15) is 31.2 Å². The van der Waals surface area contributed by atoms with Crippen LogP contribution in [0, 0.1) is 5.92 Å². The molecule has 2 fully saturated rings. The lowest BCUT2D eigenvalue weighted by atomic mass is 10.0. The monoisotopic (exact) mass is 381 g/mol. The zero-order valence-corrected chi connectivity index (χ0v) is 17.1. The van der Waals surface area contributed by atoms with Crippen molar-refractivity contribution in [1.82, 2.24) is 4.90 Å². The third kappa shape index (κ3) is 5.60. The van der Waals surface area contributed by atoms with Crippen LogP contribution in [0.3, 0.4) is 0 Å². The first-order chi connectivity index (χ1) is 13.4. The van der Waals surface area contributed by atoms with Crippen LogP contribution < -0.4 is 0 Å². The molecular formula is C24H31NOS. The molecule has 144 valence electrons. The van der Waals surface area contributed by atoms with E-state index < -0.39 is 0 Å². The number of hydrogen-bond acceptors (Lipinski definition) is 3. The Hall–Kier alpha value is -1.29. The summed E-state index contributed by atoms with van der Waals surface area (Å²) in [6, 6.07) is 18.3. The molecule has 0 saturated carbocycles. The Kier molecular flexibility index (Phi) is 6.89. The molecule has 2 heterocycles. The number of likely N-dealkylation sites (tertiary alicyclic amines) is 1. The van der Waals surface area contributed by atoms with Crippen LogP contribution in [0.15, 0.2) is 53.4 Å². The molecule has 27 heavy (non-hydrogen) atoms. The first-order valence-corrected chi connectivity index (χ1v) is 11.5. The van der Waals surface area contributed by atoms with E-state index in [2.05, 4.69) is 53.4 Å². The van der Waals surface area contributed by atoms with Gasteiger partial charge in [0.2, 0.25) is 0 Å². The normalized spacial score (nSPS) is 18.8. The van der Waals surface area contributed by atoms with Gasteiger partial charge >= 0.3 is 0 Å². The van der Waals surface area contributed by atoms with Gasteiger partial charge < -0.3 is 9.64 Å². The predicted molar refractivity (Wildman–Crippen MR) is 116 cm³/mol. The van der Waals surface area contributed by atoms with Crippen molar-refractivity contribution in [3.63, 3.8) is 0 Å². The zero-order chi connectivity index (χ0) is 18.3. The third-order valence-corrected chi connectivity index (χ3v) is 7.13. The lowest BCUT2D eigenvalue weighted by Gasteiger charge is -2.21. The summed E-state index contributed by atoms with van der Waals surface area (Å²) >= 11 is 1.99. The summed E-state index contributed by atoms with van der Waals surface area (Å²) in [5, 5.41) is 0. The van der Waals surface area contributed by atoms with E-state index in [0.29, 0.717) is 0 Å². The van der Waals surface area contributed by atoms with Gasteiger partial charge in [-0.2, -0.15) is 0 Å². The average Bonchev–Trinajstić information content (AvgIpc) is 3.26. The van der Waals surface area contributed by atoms with E-state index in [0.717, 1.165) is 19.1 Å². The molecule has 0 bridgehead atoms. The van der Waals surface area contributed by atoms with Gasteiger partial charge in [-0.15, -0.1) is 11.8 Å². The van der Waals surface area contributed by atoms with Crippen molar-refractivity contribution in [2.45, 2.75) is 37.0 Å². The molecule has 0 atom stereocenters. The summed E-state index contributed by atoms with van der Waals surface area (Å²) in [6.07, 6.45) is 6.36. The Balaban J connectivity index is 1.28. The summed E-state index contributed by atoms with van der Waals surface area (Å²) in [6.45, 7) is 5.67. The van der Waals surface area contributed by atoms with E-state index in [4.69, 9.17) is 4.74 Å². The lowest BCUT2D eigenvalue weighted by molar-refractivity contribution is 0.0728. The molecule has 2 aromatic rings. The van der Waals surface area contributed by atoms with Crippen LogP contribution in [-0.2, 0) is 11.2 Å². The molecule has 3 heteroatoms. The van der Waals surface area contributed by atoms with Gasteiger partial charge in [0, 0.05) is 30.4 Å². The maximum atomic E-state index is 5.45. The minimum atomic E-state index is 0.816. The Bertz CT molecular complexity index is 685. The second-order valence-electron chi connectivity index (χ2n) is 7.89. The molecule has 0 radical (unpaired) electrons. The van der Waals surface area contributed by atoms with Crippen LogP contribution in [0.25, 0.3) is 11.1 Å². The van der Waals surface area contributed by atoms with Gasteiger partial charge in [-0.25, -0.2) is 0 Å². The molecule has 0 unspecified atom stereocenters. The fourth-order valence-corrected chi connectivity index (χ4v) is 5.12. The second kappa shape index (κ2) is 9.77. The van der Waals surface area contributed by atoms with Gasteiger partial charge in [0.05, 0.1) is 0 Å². The minimum Gasteiger partial charge on any atom is -0.381 e. The molecule has 0 aromatic heterocycles. The Morgan fingerprint density at radius 2 is 1.48 bits per heavy atom. The molecule has 0 amide bonds. The maximum Gasteiger partial charge on any atom is 0.0468 e. The Morgan fingerprint density at radius 3 is 2.15 bits per heavy atom. The van der Waals surface area contributed by atoms with Gasteiger partial charge in [-0.1, -0.05) is 36.4 Å². The molecule has 0 spiro atoms. The van der Waals surface area contributed by atoms with Gasteiger partial charge in [0.15, 0.2) is 0 Å². The van der Waals surface area contributed by atoms with Crippen molar-refractivity contribution in [3.8, 4) is 11.1 Å². The van der Waals surface area contributed by atoms with Crippen molar-refractivity contribution >= 4 is 11.8 Å². The third-order valence-electron chi connectivity index (χ3n) is 5.88. The van der Waals surface area contributed by atoms with Crippen LogP contribution in [0.4, 0.5) is 0 Å². The first-order valence-electron chi connectivity index (χ1n) is 10.5. The standard InChI is InChI=1S/C24H31NOS/c1-2-15-25(14-1)16-11-20-3-5-22(6-4-20)23-7-9-24(10-8-23)27-19-21-12-17-26-18-13-21/h3-10,21H,1-2,11-19H2. The van der Waals surface area contributed by atoms with E-state index in [1.165, 1.54) is 79.1 Å². The van der Waals surface area contributed by atoms with Crippen molar-refractivity contribution in [2.75, 3.05) is 38.6 Å². The molecule has 4 rings (SSSR count). The van der Waals surface area contributed by atoms with E-state index >= 15 is 0 Å². The number of hydrogen-bond donors (Lipinski definition) is 0. The lowest BCUT2D eigenvalue weighted by Crippen LogP contribution is -2.21. The molecule has 2 saturated heterocycles. The molecule has 2 aliphatic rings. The van der Waals surface area contributed by atoms with Crippen molar-refractivity contribution in [2.24, 2.45) is 5.92 Å². The predicted octanol–water partition coefficient (Wildman–Crippen LogP) is 5.51. The maximum absolute atomic E-state index is 5.45. The first kappa shape index (κ1) is 19.0. The highest BCUT2D eigenvalue weighted by Crippen LogP contribution is 2.28. The van der Waals surface area contributed by atoms with Crippen LogP contribution in [-0.4, -0.2) is 43.5 Å². The van der Waals surface area contributed by atoms with E-state index in [1.807, 2.05) is 11.8 Å². The number of benzene rings is 2. The molecule has 0 N–H and O–H groups in total. The smallest absolute Gasteiger partial charge is 0.0468 e. The van der Waals surface area contributed by atoms with Gasteiger partial charge in [0.25, 0.3) is 0 Å². The molecule has 0 aliphatic carbocycles. The summed E-state index contributed by atoms with van der Waals surface area (Å²) in [7, 11) is 0. The molecule has 2 aliphatic heterocycles. The number of ether oxygens (including phenoxy) is 1. The molecule has 2 aromatic carbocycles. The molecular weight excluding hydrogens is 350 g/mol. The quantitative estimate of drug-likeness (QED) is 0.587.